The molecule has 0 unspecified atom stereocenters. The molecule has 0 spiro atoms. The molecule has 0 bridgehead atoms. The molecular formula is C9H15NO7. The van der Waals surface area contributed by atoms with E-state index >= 15 is 0 Å². The van der Waals surface area contributed by atoms with E-state index in [1.54, 1.807) is 0 Å². The summed E-state index contributed by atoms with van der Waals surface area (Å²) in [6.07, 6.45) is -4.67. The normalized spacial score (nSPS) is 33.1. The Bertz CT molecular complexity index is 295. The molecule has 0 aromatic heterocycles. The van der Waals surface area contributed by atoms with Crippen molar-refractivity contribution >= 4 is 11.9 Å². The summed E-state index contributed by atoms with van der Waals surface area (Å²) in [6, 6.07) is 0. The summed E-state index contributed by atoms with van der Waals surface area (Å²) in [7, 11) is 1.26. The summed E-state index contributed by atoms with van der Waals surface area (Å²) in [5, 5.41) is 29.4. The van der Waals surface area contributed by atoms with Gasteiger partial charge in [0.2, 0.25) is 5.91 Å². The van der Waals surface area contributed by atoms with Gasteiger partial charge in [-0.05, 0) is 0 Å². The zero-order chi connectivity index (χ0) is 13.0. The maximum absolute atomic E-state index is 11.5. The smallest absolute Gasteiger partial charge is 0.322 e. The lowest BCUT2D eigenvalue weighted by molar-refractivity contribution is -0.253. The SMILES string of the molecule is CO[C@@H]1O[C@H](C(=O)NCC(=O)O)C[C@H](O)[C@H]1O. The van der Waals surface area contributed by atoms with E-state index in [0.717, 1.165) is 0 Å². The molecule has 1 rings (SSSR count). The fourth-order valence-corrected chi connectivity index (χ4v) is 1.48. The van der Waals surface area contributed by atoms with Crippen LogP contribution in [0, 0.1) is 0 Å². The quantitative estimate of drug-likeness (QED) is 0.440. The second-order valence-corrected chi connectivity index (χ2v) is 3.63. The predicted molar refractivity (Wildman–Crippen MR) is 52.9 cm³/mol. The maximum Gasteiger partial charge on any atom is 0.322 e. The van der Waals surface area contributed by atoms with Crippen LogP contribution in [0.1, 0.15) is 6.42 Å². The average molecular weight is 249 g/mol. The highest BCUT2D eigenvalue weighted by Crippen LogP contribution is 2.20. The van der Waals surface area contributed by atoms with E-state index in [-0.39, 0.29) is 6.42 Å². The Balaban J connectivity index is 2.54. The van der Waals surface area contributed by atoms with Crippen molar-refractivity contribution in [2.45, 2.75) is 31.0 Å². The van der Waals surface area contributed by atoms with Crippen molar-refractivity contribution in [3.05, 3.63) is 0 Å². The summed E-state index contributed by atoms with van der Waals surface area (Å²) >= 11 is 0. The standard InChI is InChI=1S/C9H15NO7/c1-16-9-7(14)4(11)2-5(17-9)8(15)10-3-6(12)13/h4-5,7,9,11,14H,2-3H2,1H3,(H,10,15)(H,12,13)/t4-,5-,7+,9+/m0/s1. The number of carboxylic acid groups (broad SMARTS) is 1. The lowest BCUT2D eigenvalue weighted by Crippen LogP contribution is -2.53. The summed E-state index contributed by atoms with van der Waals surface area (Å²) < 4.78 is 9.83. The monoisotopic (exact) mass is 249 g/mol. The number of aliphatic hydroxyl groups is 2. The number of hydrogen-bond acceptors (Lipinski definition) is 6. The van der Waals surface area contributed by atoms with E-state index < -0.39 is 43.0 Å². The van der Waals surface area contributed by atoms with Crippen LogP contribution in [0.4, 0.5) is 0 Å². The van der Waals surface area contributed by atoms with Gasteiger partial charge in [-0.3, -0.25) is 9.59 Å². The first kappa shape index (κ1) is 13.8. The highest BCUT2D eigenvalue weighted by molar-refractivity contribution is 5.84. The van der Waals surface area contributed by atoms with E-state index in [1.165, 1.54) is 7.11 Å². The van der Waals surface area contributed by atoms with Crippen molar-refractivity contribution in [2.24, 2.45) is 0 Å². The van der Waals surface area contributed by atoms with Gasteiger partial charge >= 0.3 is 5.97 Å². The predicted octanol–water partition coefficient (Wildman–Crippen LogP) is -2.33. The van der Waals surface area contributed by atoms with E-state index in [1.807, 2.05) is 0 Å². The first-order valence-electron chi connectivity index (χ1n) is 4.99. The van der Waals surface area contributed by atoms with E-state index in [2.05, 4.69) is 5.32 Å². The van der Waals surface area contributed by atoms with Gasteiger partial charge in [-0.1, -0.05) is 0 Å². The van der Waals surface area contributed by atoms with Crippen LogP contribution in [0.3, 0.4) is 0 Å². The molecule has 1 fully saturated rings. The van der Waals surface area contributed by atoms with Gasteiger partial charge in [-0.2, -0.15) is 0 Å². The molecule has 1 amide bonds. The number of nitrogens with one attached hydrogen (secondary N) is 1. The second kappa shape index (κ2) is 5.92. The van der Waals surface area contributed by atoms with Crippen LogP contribution in [-0.2, 0) is 19.1 Å². The molecule has 0 aromatic rings. The molecule has 0 radical (unpaired) electrons. The molecule has 1 heterocycles. The first-order chi connectivity index (χ1) is 7.95. The van der Waals surface area contributed by atoms with E-state index in [9.17, 15) is 19.8 Å². The molecule has 4 atom stereocenters. The van der Waals surface area contributed by atoms with Gasteiger partial charge < -0.3 is 30.1 Å². The number of methoxy groups -OCH3 is 1. The van der Waals surface area contributed by atoms with Crippen LogP contribution in [0.15, 0.2) is 0 Å². The minimum absolute atomic E-state index is 0.119. The van der Waals surface area contributed by atoms with Crippen molar-refractivity contribution in [3.8, 4) is 0 Å². The highest BCUT2D eigenvalue weighted by atomic mass is 16.7. The average Bonchev–Trinajstić information content (AvgIpc) is 2.29. The minimum Gasteiger partial charge on any atom is -0.480 e. The van der Waals surface area contributed by atoms with E-state index in [4.69, 9.17) is 14.6 Å². The third-order valence-electron chi connectivity index (χ3n) is 2.37. The van der Waals surface area contributed by atoms with Gasteiger partial charge in [-0.15, -0.1) is 0 Å². The molecule has 1 saturated heterocycles. The van der Waals surface area contributed by atoms with Gasteiger partial charge in [-0.25, -0.2) is 0 Å². The number of aliphatic carboxylic acids is 1. The van der Waals surface area contributed by atoms with Gasteiger partial charge in [0.1, 0.15) is 18.8 Å². The van der Waals surface area contributed by atoms with Crippen LogP contribution in [0.2, 0.25) is 0 Å². The molecule has 1 aliphatic rings. The fourth-order valence-electron chi connectivity index (χ4n) is 1.48. The van der Waals surface area contributed by atoms with Crippen molar-refractivity contribution in [1.82, 2.24) is 5.32 Å². The Labute approximate surface area is 97.1 Å². The summed E-state index contributed by atoms with van der Waals surface area (Å²) in [5.74, 6) is -1.85. The van der Waals surface area contributed by atoms with Crippen LogP contribution in [0.25, 0.3) is 0 Å². The number of amides is 1. The molecule has 8 heteroatoms. The molecule has 17 heavy (non-hydrogen) atoms. The Hall–Kier alpha value is -1.22. The topological polar surface area (TPSA) is 125 Å². The molecule has 0 saturated carbocycles. The zero-order valence-electron chi connectivity index (χ0n) is 9.20. The number of aliphatic hydroxyl groups excluding tert-OH is 2. The second-order valence-electron chi connectivity index (χ2n) is 3.63. The molecule has 1 aliphatic heterocycles. The third-order valence-corrected chi connectivity index (χ3v) is 2.37. The lowest BCUT2D eigenvalue weighted by Gasteiger charge is -2.35. The van der Waals surface area contributed by atoms with Gasteiger partial charge in [0, 0.05) is 13.5 Å². The zero-order valence-corrected chi connectivity index (χ0v) is 9.20. The summed E-state index contributed by atoms with van der Waals surface area (Å²) in [6.45, 7) is -0.533. The van der Waals surface area contributed by atoms with Crippen molar-refractivity contribution in [3.63, 3.8) is 0 Å². The Morgan fingerprint density at radius 2 is 2.12 bits per heavy atom. The third kappa shape index (κ3) is 3.63. The number of rotatable bonds is 4. The first-order valence-corrected chi connectivity index (χ1v) is 4.99. The van der Waals surface area contributed by atoms with Crippen LogP contribution in [-0.4, -0.2) is 65.5 Å². The molecule has 8 nitrogen and oxygen atoms in total. The minimum atomic E-state index is -1.23. The number of carboxylic acids is 1. The Morgan fingerprint density at radius 3 is 2.65 bits per heavy atom. The van der Waals surface area contributed by atoms with Gasteiger partial charge in [0.25, 0.3) is 0 Å². The van der Waals surface area contributed by atoms with E-state index in [0.29, 0.717) is 0 Å². The molecular weight excluding hydrogens is 234 g/mol. The van der Waals surface area contributed by atoms with Crippen molar-refractivity contribution in [2.75, 3.05) is 13.7 Å². The van der Waals surface area contributed by atoms with Gasteiger partial charge in [0.15, 0.2) is 6.29 Å². The summed E-state index contributed by atoms with van der Waals surface area (Å²) in [4.78, 5) is 21.7. The van der Waals surface area contributed by atoms with Crippen LogP contribution < -0.4 is 5.32 Å². The maximum atomic E-state index is 11.5. The largest absolute Gasteiger partial charge is 0.480 e. The number of carbonyl (C=O) groups is 2. The van der Waals surface area contributed by atoms with Crippen LogP contribution in [0.5, 0.6) is 0 Å². The van der Waals surface area contributed by atoms with Crippen LogP contribution >= 0.6 is 0 Å². The highest BCUT2D eigenvalue weighted by Gasteiger charge is 2.39. The van der Waals surface area contributed by atoms with Crippen molar-refractivity contribution in [1.29, 1.82) is 0 Å². The van der Waals surface area contributed by atoms with Gasteiger partial charge in [0.05, 0.1) is 6.10 Å². The fraction of sp³-hybridized carbons (Fsp3) is 0.778. The van der Waals surface area contributed by atoms with Crippen molar-refractivity contribution < 1.29 is 34.4 Å². The Morgan fingerprint density at radius 1 is 1.47 bits per heavy atom. The lowest BCUT2D eigenvalue weighted by atomic mass is 10.0. The molecule has 0 aliphatic carbocycles. The molecule has 4 N–H and O–H groups in total. The molecule has 98 valence electrons. The Kier molecular flexibility index (Phi) is 4.82. The number of hydrogen-bond donors (Lipinski definition) is 4. The summed E-state index contributed by atoms with van der Waals surface area (Å²) in [5.41, 5.74) is 0. The number of carbonyl (C=O) groups excluding carboxylic acids is 1. The number of ether oxygens (including phenoxy) is 2. The molecule has 0 aromatic carbocycles.